The number of nitrogens with two attached hydrogens (primary N) is 2. The molecule has 0 aromatic carbocycles. The second-order valence-electron chi connectivity index (χ2n) is 3.72. The number of nitrogen functional groups attached to an aromatic ring is 1. The second-order valence-corrected chi connectivity index (χ2v) is 4.75. The molecule has 25 heavy (non-hydrogen) atoms. The summed E-state index contributed by atoms with van der Waals surface area (Å²) < 4.78 is 10.4. The Hall–Kier alpha value is -2.67. The Kier molecular flexibility index (Phi) is 8.83. The third-order valence-electron chi connectivity index (χ3n) is 2.11. The Bertz CT molecular complexity index is 866. The highest BCUT2D eigenvalue weighted by Crippen LogP contribution is 2.25. The van der Waals surface area contributed by atoms with E-state index in [4.69, 9.17) is 30.7 Å². The Morgan fingerprint density at radius 2 is 1.64 bits per heavy atom. The summed E-state index contributed by atoms with van der Waals surface area (Å²) in [5.41, 5.74) is 11.4. The van der Waals surface area contributed by atoms with Gasteiger partial charge in [-0.25, -0.2) is 8.97 Å². The first-order valence-corrected chi connectivity index (χ1v) is 7.00. The van der Waals surface area contributed by atoms with Gasteiger partial charge >= 0.3 is 7.82 Å². The van der Waals surface area contributed by atoms with E-state index in [-0.39, 0.29) is 39.8 Å². The maximum absolute atomic E-state index is 8.88. The first kappa shape index (κ1) is 24.6. The Labute approximate surface area is 143 Å². The van der Waals surface area contributed by atoms with E-state index in [9.17, 15) is 0 Å². The Morgan fingerprint density at radius 3 is 2.16 bits per heavy atom. The molecule has 3 rings (SSSR count). The van der Waals surface area contributed by atoms with Crippen molar-refractivity contribution in [2.24, 2.45) is 15.7 Å². The lowest BCUT2D eigenvalue weighted by atomic mass is 10.7. The highest BCUT2D eigenvalue weighted by Gasteiger charge is 2.16. The van der Waals surface area contributed by atoms with Crippen LogP contribution in [0.5, 0.6) is 0 Å². The van der Waals surface area contributed by atoms with Crippen molar-refractivity contribution in [1.82, 2.24) is 24.3 Å². The van der Waals surface area contributed by atoms with Gasteiger partial charge in [0.2, 0.25) is 29.6 Å². The Morgan fingerprint density at radius 1 is 1.08 bits per heavy atom. The SMILES string of the molecule is C.C.C.CN=c1nc2n3c(nc(N)nc3n1)NC(N)=N2.O=P(O)(O)O. The van der Waals surface area contributed by atoms with Crippen LogP contribution in [-0.2, 0) is 4.57 Å². The molecule has 0 atom stereocenters. The molecule has 1 aliphatic rings. The molecule has 0 unspecified atom stereocenters. The van der Waals surface area contributed by atoms with Crippen LogP contribution in [0.3, 0.4) is 0 Å². The van der Waals surface area contributed by atoms with Crippen LogP contribution >= 0.6 is 7.82 Å². The number of nitrogens with one attached hydrogen (secondary N) is 1. The smallest absolute Gasteiger partial charge is 0.369 e. The van der Waals surface area contributed by atoms with Crippen molar-refractivity contribution in [3.8, 4) is 0 Å². The van der Waals surface area contributed by atoms with E-state index >= 15 is 0 Å². The fourth-order valence-electron chi connectivity index (χ4n) is 1.45. The van der Waals surface area contributed by atoms with E-state index in [0.29, 0.717) is 17.7 Å². The van der Waals surface area contributed by atoms with Crippen molar-refractivity contribution in [3.05, 3.63) is 5.62 Å². The van der Waals surface area contributed by atoms with Crippen LogP contribution < -0.4 is 22.4 Å². The van der Waals surface area contributed by atoms with Gasteiger partial charge < -0.3 is 26.1 Å². The summed E-state index contributed by atoms with van der Waals surface area (Å²) >= 11 is 0. The molecule has 0 spiro atoms. The molecule has 0 radical (unpaired) electrons. The number of hydrogen-bond donors (Lipinski definition) is 6. The molecule has 2 aromatic rings. The third-order valence-corrected chi connectivity index (χ3v) is 2.11. The van der Waals surface area contributed by atoms with Gasteiger partial charge in [0.05, 0.1) is 0 Å². The fourth-order valence-corrected chi connectivity index (χ4v) is 1.45. The maximum Gasteiger partial charge on any atom is 0.466 e. The summed E-state index contributed by atoms with van der Waals surface area (Å²) in [6.45, 7) is 0. The van der Waals surface area contributed by atoms with Crippen LogP contribution in [0.4, 0.5) is 17.8 Å². The minimum absolute atomic E-state index is 0. The molecule has 0 saturated heterocycles. The Balaban J connectivity index is 0. The standard InChI is InChI=1S/C7H8N10.3CH4.H3O4P/c1-10-4-15-6-13-2(8)11-5-12-3(9)14-7(16-4)17(5)6;;;;1-5(2,3)4/h1H3,(H5,8,9,10,11,12,13,14,15,16);3*1H4;(H3,1,2,3,4). The highest BCUT2D eigenvalue weighted by molar-refractivity contribution is 7.45. The lowest BCUT2D eigenvalue weighted by Gasteiger charge is -2.15. The summed E-state index contributed by atoms with van der Waals surface area (Å²) in [6.07, 6.45) is 0. The summed E-state index contributed by atoms with van der Waals surface area (Å²) in [5.74, 6) is 1.24. The molecule has 0 bridgehead atoms. The molecular formula is C10H23N10O4P. The zero-order valence-corrected chi connectivity index (χ0v) is 11.9. The first-order valence-electron chi connectivity index (χ1n) is 5.44. The molecule has 0 amide bonds. The van der Waals surface area contributed by atoms with Gasteiger partial charge in [0.25, 0.3) is 5.62 Å². The van der Waals surface area contributed by atoms with Crippen molar-refractivity contribution >= 4 is 37.4 Å². The third kappa shape index (κ3) is 6.39. The molecule has 14 nitrogen and oxygen atoms in total. The predicted molar refractivity (Wildman–Crippen MR) is 93.8 cm³/mol. The number of phosphoric acid groups is 1. The number of anilines is 2. The van der Waals surface area contributed by atoms with Crippen molar-refractivity contribution in [1.29, 1.82) is 0 Å². The van der Waals surface area contributed by atoms with E-state index < -0.39 is 7.82 Å². The molecule has 2 aromatic heterocycles. The lowest BCUT2D eigenvalue weighted by Crippen LogP contribution is -2.30. The van der Waals surface area contributed by atoms with Crippen molar-refractivity contribution in [3.63, 3.8) is 0 Å². The molecule has 15 heteroatoms. The molecule has 3 heterocycles. The quantitative estimate of drug-likeness (QED) is 0.304. The minimum atomic E-state index is -4.64. The number of aromatic nitrogens is 5. The fraction of sp³-hybridized carbons (Fsp3) is 0.400. The predicted octanol–water partition coefficient (Wildman–Crippen LogP) is -1.02. The molecule has 0 fully saturated rings. The van der Waals surface area contributed by atoms with Crippen LogP contribution in [0.1, 0.15) is 22.3 Å². The zero-order valence-electron chi connectivity index (χ0n) is 11.0. The number of rotatable bonds is 0. The van der Waals surface area contributed by atoms with Crippen LogP contribution in [0.2, 0.25) is 0 Å². The van der Waals surface area contributed by atoms with E-state index in [1.165, 1.54) is 4.40 Å². The molecule has 0 saturated carbocycles. The van der Waals surface area contributed by atoms with E-state index in [1.807, 2.05) is 0 Å². The molecular weight excluding hydrogens is 355 g/mol. The number of guanidine groups is 1. The van der Waals surface area contributed by atoms with Gasteiger partial charge in [-0.15, -0.1) is 0 Å². The van der Waals surface area contributed by atoms with Gasteiger partial charge in [-0.3, -0.25) is 10.3 Å². The highest BCUT2D eigenvalue weighted by atomic mass is 31.2. The van der Waals surface area contributed by atoms with E-state index in [1.54, 1.807) is 7.05 Å². The zero-order chi connectivity index (χ0) is 16.5. The van der Waals surface area contributed by atoms with E-state index in [2.05, 4.69) is 35.2 Å². The first-order chi connectivity index (χ1) is 10.2. The largest absolute Gasteiger partial charge is 0.466 e. The van der Waals surface area contributed by atoms with Gasteiger partial charge in [0.1, 0.15) is 0 Å². The average molecular weight is 378 g/mol. The summed E-state index contributed by atoms with van der Waals surface area (Å²) in [7, 11) is -3.07. The monoisotopic (exact) mass is 378 g/mol. The number of nitrogens with zero attached hydrogens (tertiary/aromatic N) is 7. The van der Waals surface area contributed by atoms with Crippen LogP contribution in [0.25, 0.3) is 5.78 Å². The van der Waals surface area contributed by atoms with Crippen molar-refractivity contribution in [2.75, 3.05) is 18.1 Å². The number of aliphatic imine (C=N–C) groups is 1. The van der Waals surface area contributed by atoms with Gasteiger partial charge in [0.15, 0.2) is 0 Å². The maximum atomic E-state index is 8.88. The van der Waals surface area contributed by atoms with Gasteiger partial charge in [-0.2, -0.15) is 24.9 Å². The van der Waals surface area contributed by atoms with Gasteiger partial charge in [-0.05, 0) is 0 Å². The second kappa shape index (κ2) is 8.98. The molecule has 8 N–H and O–H groups in total. The topological polar surface area (TPSA) is 223 Å². The average Bonchev–Trinajstić information content (AvgIpc) is 2.34. The number of hydrogen-bond acceptors (Lipinski definition) is 10. The van der Waals surface area contributed by atoms with E-state index in [0.717, 1.165) is 0 Å². The van der Waals surface area contributed by atoms with Crippen molar-refractivity contribution < 1.29 is 19.2 Å². The lowest BCUT2D eigenvalue weighted by molar-refractivity contribution is 0.275. The van der Waals surface area contributed by atoms with Crippen LogP contribution in [0, 0.1) is 0 Å². The summed E-state index contributed by atoms with van der Waals surface area (Å²) in [6, 6.07) is 0. The van der Waals surface area contributed by atoms with Crippen molar-refractivity contribution in [2.45, 2.75) is 22.3 Å². The van der Waals surface area contributed by atoms with Gasteiger partial charge in [-0.1, -0.05) is 22.3 Å². The minimum Gasteiger partial charge on any atom is -0.369 e. The van der Waals surface area contributed by atoms with Crippen LogP contribution in [0.15, 0.2) is 9.98 Å². The van der Waals surface area contributed by atoms with Gasteiger partial charge in [0, 0.05) is 7.05 Å². The normalized spacial score (nSPS) is 12.3. The molecule has 0 aliphatic carbocycles. The molecule has 1 aliphatic heterocycles. The van der Waals surface area contributed by atoms with Crippen LogP contribution in [-0.4, -0.2) is 52.0 Å². The summed E-state index contributed by atoms with van der Waals surface area (Å²) in [5, 5.41) is 2.75. The summed E-state index contributed by atoms with van der Waals surface area (Å²) in [4.78, 5) is 45.6. The molecule has 142 valence electrons.